The fourth-order valence-electron chi connectivity index (χ4n) is 1.33. The summed E-state index contributed by atoms with van der Waals surface area (Å²) in [6.07, 6.45) is -0.760. The summed E-state index contributed by atoms with van der Waals surface area (Å²) in [5.41, 5.74) is 7.25. The van der Waals surface area contributed by atoms with Gasteiger partial charge in [-0.3, -0.25) is 4.99 Å². The van der Waals surface area contributed by atoms with Gasteiger partial charge in [0.05, 0.1) is 6.54 Å². The highest BCUT2D eigenvalue weighted by Crippen LogP contribution is 2.22. The number of guanidine groups is 1. The third-order valence-electron chi connectivity index (χ3n) is 2.27. The molecule has 98 valence electrons. The number of benzene rings is 1. The van der Waals surface area contributed by atoms with Crippen LogP contribution in [-0.4, -0.2) is 24.2 Å². The van der Waals surface area contributed by atoms with Crippen molar-refractivity contribution in [2.75, 3.05) is 13.1 Å². The maximum Gasteiger partial charge on any atom is 0.188 e. The maximum absolute atomic E-state index is 9.94. The molecular weight excluding hydrogens is 250 g/mol. The number of nitrogens with zero attached hydrogens (tertiary/aromatic N) is 1. The summed E-state index contributed by atoms with van der Waals surface area (Å²) in [4.78, 5) is 4.05. The molecule has 18 heavy (non-hydrogen) atoms. The van der Waals surface area contributed by atoms with Crippen molar-refractivity contribution < 1.29 is 5.11 Å². The van der Waals surface area contributed by atoms with Crippen LogP contribution in [0.2, 0.25) is 5.02 Å². The zero-order valence-electron chi connectivity index (χ0n) is 10.4. The largest absolute Gasteiger partial charge is 0.386 e. The van der Waals surface area contributed by atoms with Crippen LogP contribution in [0.15, 0.2) is 41.4 Å². The molecule has 1 aromatic rings. The second-order valence-corrected chi connectivity index (χ2v) is 4.48. The van der Waals surface area contributed by atoms with E-state index >= 15 is 0 Å². The number of halogens is 1. The Morgan fingerprint density at radius 2 is 2.22 bits per heavy atom. The second-order valence-electron chi connectivity index (χ2n) is 4.07. The van der Waals surface area contributed by atoms with E-state index in [0.717, 1.165) is 5.57 Å². The van der Waals surface area contributed by atoms with Crippen LogP contribution in [0.1, 0.15) is 18.6 Å². The van der Waals surface area contributed by atoms with Gasteiger partial charge in [-0.15, -0.1) is 0 Å². The van der Waals surface area contributed by atoms with Gasteiger partial charge in [-0.1, -0.05) is 42.0 Å². The molecular formula is C13H18ClN3O. The first-order valence-corrected chi connectivity index (χ1v) is 5.99. The van der Waals surface area contributed by atoms with Crippen molar-refractivity contribution in [3.63, 3.8) is 0 Å². The predicted octanol–water partition coefficient (Wildman–Crippen LogP) is 1.85. The van der Waals surface area contributed by atoms with E-state index in [-0.39, 0.29) is 12.5 Å². The number of aliphatic hydroxyl groups excluding tert-OH is 1. The van der Waals surface area contributed by atoms with Crippen molar-refractivity contribution in [3.05, 3.63) is 47.0 Å². The third-order valence-corrected chi connectivity index (χ3v) is 2.61. The van der Waals surface area contributed by atoms with Crippen molar-refractivity contribution in [2.24, 2.45) is 10.7 Å². The molecule has 0 saturated carbocycles. The fourth-order valence-corrected chi connectivity index (χ4v) is 1.59. The number of nitrogens with two attached hydrogens (primary N) is 1. The van der Waals surface area contributed by atoms with Crippen molar-refractivity contribution in [1.82, 2.24) is 5.32 Å². The van der Waals surface area contributed by atoms with Crippen LogP contribution in [0.25, 0.3) is 0 Å². The van der Waals surface area contributed by atoms with E-state index in [4.69, 9.17) is 17.3 Å². The van der Waals surface area contributed by atoms with Gasteiger partial charge < -0.3 is 16.2 Å². The molecule has 1 atom stereocenters. The van der Waals surface area contributed by atoms with E-state index in [1.807, 2.05) is 19.1 Å². The lowest BCUT2D eigenvalue weighted by molar-refractivity contribution is 0.187. The SMILES string of the molecule is C=C(C)CNC(N)=NCC(O)c1ccccc1Cl. The average Bonchev–Trinajstić information content (AvgIpc) is 2.34. The first-order chi connectivity index (χ1) is 8.50. The zero-order valence-corrected chi connectivity index (χ0v) is 11.1. The van der Waals surface area contributed by atoms with Crippen molar-refractivity contribution in [2.45, 2.75) is 13.0 Å². The quantitative estimate of drug-likeness (QED) is 0.433. The second kappa shape index (κ2) is 7.03. The van der Waals surface area contributed by atoms with Crippen molar-refractivity contribution >= 4 is 17.6 Å². The number of hydrogen-bond donors (Lipinski definition) is 3. The lowest BCUT2D eigenvalue weighted by atomic mass is 10.1. The molecule has 0 aliphatic rings. The minimum atomic E-state index is -0.760. The van der Waals surface area contributed by atoms with Crippen LogP contribution >= 0.6 is 11.6 Å². The Morgan fingerprint density at radius 1 is 1.56 bits per heavy atom. The number of hydrogen-bond acceptors (Lipinski definition) is 2. The minimum Gasteiger partial charge on any atom is -0.386 e. The molecule has 1 rings (SSSR count). The Kier molecular flexibility index (Phi) is 5.68. The molecule has 0 heterocycles. The Balaban J connectivity index is 2.55. The highest BCUT2D eigenvalue weighted by Gasteiger charge is 2.10. The lowest BCUT2D eigenvalue weighted by Gasteiger charge is -2.11. The Labute approximate surface area is 112 Å². The summed E-state index contributed by atoms with van der Waals surface area (Å²) in [7, 11) is 0. The lowest BCUT2D eigenvalue weighted by Crippen LogP contribution is -2.33. The molecule has 0 aromatic heterocycles. The molecule has 1 aromatic carbocycles. The van der Waals surface area contributed by atoms with Gasteiger partial charge in [0.1, 0.15) is 6.10 Å². The first-order valence-electron chi connectivity index (χ1n) is 5.61. The summed E-state index contributed by atoms with van der Waals surface area (Å²) >= 11 is 5.97. The molecule has 4 N–H and O–H groups in total. The topological polar surface area (TPSA) is 70.6 Å². The fraction of sp³-hybridized carbons (Fsp3) is 0.308. The smallest absolute Gasteiger partial charge is 0.188 e. The minimum absolute atomic E-state index is 0.165. The van der Waals surface area contributed by atoms with E-state index in [1.54, 1.807) is 12.1 Å². The monoisotopic (exact) mass is 267 g/mol. The van der Waals surface area contributed by atoms with Gasteiger partial charge in [0, 0.05) is 17.1 Å². The Morgan fingerprint density at radius 3 is 2.83 bits per heavy atom. The third kappa shape index (κ3) is 4.77. The number of aliphatic hydroxyl groups is 1. The van der Waals surface area contributed by atoms with Gasteiger partial charge >= 0.3 is 0 Å². The normalized spacial score (nSPS) is 13.2. The number of nitrogens with one attached hydrogen (secondary N) is 1. The molecule has 0 aliphatic heterocycles. The van der Waals surface area contributed by atoms with Crippen LogP contribution in [0.3, 0.4) is 0 Å². The van der Waals surface area contributed by atoms with Crippen molar-refractivity contribution in [1.29, 1.82) is 0 Å². The van der Waals surface area contributed by atoms with Crippen LogP contribution in [-0.2, 0) is 0 Å². The van der Waals surface area contributed by atoms with E-state index in [0.29, 0.717) is 17.1 Å². The summed E-state index contributed by atoms with van der Waals surface area (Å²) < 4.78 is 0. The summed E-state index contributed by atoms with van der Waals surface area (Å²) in [5, 5.41) is 13.3. The molecule has 0 bridgehead atoms. The molecule has 0 radical (unpaired) electrons. The van der Waals surface area contributed by atoms with Crippen LogP contribution < -0.4 is 11.1 Å². The molecule has 0 saturated heterocycles. The van der Waals surface area contributed by atoms with Gasteiger partial charge in [-0.05, 0) is 13.0 Å². The summed E-state index contributed by atoms with van der Waals surface area (Å²) in [6.45, 7) is 6.36. The number of aliphatic imine (C=N–C) groups is 1. The molecule has 4 nitrogen and oxygen atoms in total. The predicted molar refractivity (Wildman–Crippen MR) is 75.7 cm³/mol. The van der Waals surface area contributed by atoms with Gasteiger partial charge in [0.25, 0.3) is 0 Å². The highest BCUT2D eigenvalue weighted by atomic mass is 35.5. The molecule has 0 spiro atoms. The molecule has 5 heteroatoms. The average molecular weight is 268 g/mol. The molecule has 0 fully saturated rings. The molecule has 0 aliphatic carbocycles. The zero-order chi connectivity index (χ0) is 13.5. The standard InChI is InChI=1S/C13H18ClN3O/c1-9(2)7-16-13(15)17-8-12(18)10-5-3-4-6-11(10)14/h3-6,12,18H,1,7-8H2,2H3,(H3,15,16,17). The summed E-state index contributed by atoms with van der Waals surface area (Å²) in [6, 6.07) is 7.12. The van der Waals surface area contributed by atoms with Gasteiger partial charge in [-0.2, -0.15) is 0 Å². The highest BCUT2D eigenvalue weighted by molar-refractivity contribution is 6.31. The maximum atomic E-state index is 9.94. The van der Waals surface area contributed by atoms with Crippen LogP contribution in [0, 0.1) is 0 Å². The van der Waals surface area contributed by atoms with Gasteiger partial charge in [-0.25, -0.2) is 0 Å². The van der Waals surface area contributed by atoms with Crippen molar-refractivity contribution in [3.8, 4) is 0 Å². The van der Waals surface area contributed by atoms with E-state index in [9.17, 15) is 5.11 Å². The summed E-state index contributed by atoms with van der Waals surface area (Å²) in [5.74, 6) is 0.282. The van der Waals surface area contributed by atoms with Crippen LogP contribution in [0.4, 0.5) is 0 Å². The van der Waals surface area contributed by atoms with E-state index < -0.39 is 6.10 Å². The van der Waals surface area contributed by atoms with Gasteiger partial charge in [0.2, 0.25) is 0 Å². The van der Waals surface area contributed by atoms with Crippen LogP contribution in [0.5, 0.6) is 0 Å². The van der Waals surface area contributed by atoms with E-state index in [2.05, 4.69) is 16.9 Å². The van der Waals surface area contributed by atoms with E-state index in [1.165, 1.54) is 0 Å². The molecule has 0 amide bonds. The molecule has 1 unspecified atom stereocenters. The first kappa shape index (κ1) is 14.5. The Bertz CT molecular complexity index is 446. The Hall–Kier alpha value is -1.52. The number of rotatable bonds is 5. The van der Waals surface area contributed by atoms with Gasteiger partial charge in [0.15, 0.2) is 5.96 Å².